The average Bonchev–Trinajstić information content (AvgIpc) is 2.56. The quantitative estimate of drug-likeness (QED) is 0.287. The molecule has 0 amide bonds. The predicted molar refractivity (Wildman–Crippen MR) is 93.2 cm³/mol. The van der Waals surface area contributed by atoms with Gasteiger partial charge in [-0.3, -0.25) is 5.41 Å². The zero-order valence-electron chi connectivity index (χ0n) is 13.1. The molecule has 122 valence electrons. The van der Waals surface area contributed by atoms with E-state index in [0.29, 0.717) is 18.8 Å². The van der Waals surface area contributed by atoms with Crippen LogP contribution in [0.3, 0.4) is 0 Å². The maximum Gasteiger partial charge on any atom is 0.122 e. The molecule has 0 aromatic heterocycles. The van der Waals surface area contributed by atoms with Crippen molar-refractivity contribution in [1.29, 1.82) is 5.41 Å². The fourth-order valence-corrected chi connectivity index (χ4v) is 2.08. The van der Waals surface area contributed by atoms with Gasteiger partial charge in [0.05, 0.1) is 13.2 Å². The zero-order valence-corrected chi connectivity index (χ0v) is 13.1. The van der Waals surface area contributed by atoms with Gasteiger partial charge >= 0.3 is 0 Å². The highest BCUT2D eigenvalue weighted by Crippen LogP contribution is 2.15. The molecule has 0 radical (unpaired) electrons. The summed E-state index contributed by atoms with van der Waals surface area (Å²) < 4.78 is 11.3. The molecule has 5 heteroatoms. The molecule has 0 bridgehead atoms. The Kier molecular flexibility index (Phi) is 6.29. The van der Waals surface area contributed by atoms with Crippen LogP contribution in [-0.2, 0) is 0 Å². The van der Waals surface area contributed by atoms with Crippen LogP contribution < -0.4 is 20.9 Å². The number of amidine groups is 1. The van der Waals surface area contributed by atoms with E-state index in [-0.39, 0.29) is 5.84 Å². The van der Waals surface area contributed by atoms with Gasteiger partial charge in [-0.2, -0.15) is 0 Å². The second-order valence-electron chi connectivity index (χ2n) is 5.27. The molecule has 2 rings (SSSR count). The van der Waals surface area contributed by atoms with Crippen LogP contribution in [0, 0.1) is 5.41 Å². The standard InChI is InChI=1S/C18H23N3O2/c19-15-7-9-16(10-8-15)22-11-2-1-3-12-23-17-6-4-5-14(13-17)18(20)21/h4-10,13H,1-3,11-12,19H2,(H3,20,21). The molecule has 0 saturated carbocycles. The Hall–Kier alpha value is -2.69. The summed E-state index contributed by atoms with van der Waals surface area (Å²) >= 11 is 0. The van der Waals surface area contributed by atoms with Crippen molar-refractivity contribution < 1.29 is 9.47 Å². The normalized spacial score (nSPS) is 10.3. The fourth-order valence-electron chi connectivity index (χ4n) is 2.08. The molecule has 0 aliphatic rings. The molecular formula is C18H23N3O2. The van der Waals surface area contributed by atoms with Crippen LogP contribution in [0.25, 0.3) is 0 Å². The first kappa shape index (κ1) is 16.7. The summed E-state index contributed by atoms with van der Waals surface area (Å²) in [6.45, 7) is 1.33. The monoisotopic (exact) mass is 313 g/mol. The predicted octanol–water partition coefficient (Wildman–Crippen LogP) is 3.18. The van der Waals surface area contributed by atoms with Gasteiger partial charge < -0.3 is 20.9 Å². The van der Waals surface area contributed by atoms with Gasteiger partial charge in [-0.05, 0) is 55.7 Å². The Labute approximate surface area is 136 Å². The molecule has 0 heterocycles. The molecule has 0 aliphatic carbocycles. The Bertz CT molecular complexity index is 626. The lowest BCUT2D eigenvalue weighted by Gasteiger charge is -2.08. The number of rotatable bonds is 9. The van der Waals surface area contributed by atoms with Crippen LogP contribution in [0.15, 0.2) is 48.5 Å². The number of ether oxygens (including phenoxy) is 2. The van der Waals surface area contributed by atoms with E-state index < -0.39 is 0 Å². The van der Waals surface area contributed by atoms with Crippen molar-refractivity contribution in [2.24, 2.45) is 5.73 Å². The number of hydrogen-bond acceptors (Lipinski definition) is 4. The van der Waals surface area contributed by atoms with Crippen molar-refractivity contribution in [2.75, 3.05) is 18.9 Å². The Morgan fingerprint density at radius 3 is 2.17 bits per heavy atom. The van der Waals surface area contributed by atoms with Gasteiger partial charge in [0.25, 0.3) is 0 Å². The summed E-state index contributed by atoms with van der Waals surface area (Å²) in [6.07, 6.45) is 2.96. The largest absolute Gasteiger partial charge is 0.494 e. The third-order valence-corrected chi connectivity index (χ3v) is 3.35. The van der Waals surface area contributed by atoms with Gasteiger partial charge in [0.15, 0.2) is 0 Å². The number of unbranched alkanes of at least 4 members (excludes halogenated alkanes) is 2. The molecule has 0 fully saturated rings. The molecule has 0 aliphatic heterocycles. The number of hydrogen-bond donors (Lipinski definition) is 3. The highest BCUT2D eigenvalue weighted by molar-refractivity contribution is 5.95. The van der Waals surface area contributed by atoms with E-state index in [1.54, 1.807) is 12.1 Å². The van der Waals surface area contributed by atoms with Crippen LogP contribution in [-0.4, -0.2) is 19.0 Å². The number of nitrogens with two attached hydrogens (primary N) is 2. The van der Waals surface area contributed by atoms with Gasteiger partial charge in [0.2, 0.25) is 0 Å². The first-order valence-electron chi connectivity index (χ1n) is 7.71. The van der Waals surface area contributed by atoms with Crippen LogP contribution in [0.2, 0.25) is 0 Å². The minimum atomic E-state index is 0.0512. The number of nitrogen functional groups attached to an aromatic ring is 2. The average molecular weight is 313 g/mol. The molecule has 0 spiro atoms. The first-order valence-corrected chi connectivity index (χ1v) is 7.71. The summed E-state index contributed by atoms with van der Waals surface area (Å²) in [5.41, 5.74) is 12.5. The number of anilines is 1. The van der Waals surface area contributed by atoms with E-state index in [4.69, 9.17) is 26.4 Å². The van der Waals surface area contributed by atoms with Crippen molar-refractivity contribution in [2.45, 2.75) is 19.3 Å². The van der Waals surface area contributed by atoms with E-state index in [1.807, 2.05) is 36.4 Å². The number of benzene rings is 2. The van der Waals surface area contributed by atoms with Crippen molar-refractivity contribution in [1.82, 2.24) is 0 Å². The lowest BCUT2D eigenvalue weighted by atomic mass is 10.2. The highest BCUT2D eigenvalue weighted by Gasteiger charge is 1.99. The van der Waals surface area contributed by atoms with Crippen molar-refractivity contribution in [3.8, 4) is 11.5 Å². The van der Waals surface area contributed by atoms with Gasteiger partial charge in [-0.1, -0.05) is 12.1 Å². The van der Waals surface area contributed by atoms with Gasteiger partial charge in [0.1, 0.15) is 17.3 Å². The first-order chi connectivity index (χ1) is 11.1. The molecule has 23 heavy (non-hydrogen) atoms. The Morgan fingerprint density at radius 2 is 1.52 bits per heavy atom. The van der Waals surface area contributed by atoms with E-state index >= 15 is 0 Å². The molecule has 2 aromatic carbocycles. The Morgan fingerprint density at radius 1 is 0.870 bits per heavy atom. The SMILES string of the molecule is N=C(N)c1cccc(OCCCCCOc2ccc(N)cc2)c1. The second kappa shape index (κ2) is 8.68. The third-order valence-electron chi connectivity index (χ3n) is 3.35. The highest BCUT2D eigenvalue weighted by atomic mass is 16.5. The van der Waals surface area contributed by atoms with E-state index in [2.05, 4.69) is 0 Å². The molecule has 5 nitrogen and oxygen atoms in total. The number of nitrogens with one attached hydrogen (secondary N) is 1. The van der Waals surface area contributed by atoms with Gasteiger partial charge in [-0.25, -0.2) is 0 Å². The zero-order chi connectivity index (χ0) is 16.5. The third kappa shape index (κ3) is 5.90. The second-order valence-corrected chi connectivity index (χ2v) is 5.27. The maximum absolute atomic E-state index is 7.41. The molecule has 5 N–H and O–H groups in total. The maximum atomic E-state index is 7.41. The Balaban J connectivity index is 1.58. The van der Waals surface area contributed by atoms with Crippen molar-refractivity contribution >= 4 is 11.5 Å². The van der Waals surface area contributed by atoms with Gasteiger partial charge in [-0.15, -0.1) is 0 Å². The van der Waals surface area contributed by atoms with Gasteiger partial charge in [0, 0.05) is 11.3 Å². The molecule has 2 aromatic rings. The molecule has 0 unspecified atom stereocenters. The summed E-state index contributed by atoms with van der Waals surface area (Å²) in [7, 11) is 0. The molecule has 0 atom stereocenters. The summed E-state index contributed by atoms with van der Waals surface area (Å²) in [5.74, 6) is 1.64. The minimum absolute atomic E-state index is 0.0512. The minimum Gasteiger partial charge on any atom is -0.494 e. The summed E-state index contributed by atoms with van der Waals surface area (Å²) in [4.78, 5) is 0. The lowest BCUT2D eigenvalue weighted by molar-refractivity contribution is 0.279. The topological polar surface area (TPSA) is 94.4 Å². The van der Waals surface area contributed by atoms with E-state index in [0.717, 1.165) is 36.4 Å². The van der Waals surface area contributed by atoms with Crippen LogP contribution in [0.1, 0.15) is 24.8 Å². The van der Waals surface area contributed by atoms with Crippen LogP contribution in [0.5, 0.6) is 11.5 Å². The molecular weight excluding hydrogens is 290 g/mol. The van der Waals surface area contributed by atoms with Crippen LogP contribution >= 0.6 is 0 Å². The molecule has 0 saturated heterocycles. The van der Waals surface area contributed by atoms with E-state index in [9.17, 15) is 0 Å². The fraction of sp³-hybridized carbons (Fsp3) is 0.278. The lowest BCUT2D eigenvalue weighted by Crippen LogP contribution is -2.11. The van der Waals surface area contributed by atoms with Crippen LogP contribution in [0.4, 0.5) is 5.69 Å². The smallest absolute Gasteiger partial charge is 0.122 e. The van der Waals surface area contributed by atoms with Crippen molar-refractivity contribution in [3.63, 3.8) is 0 Å². The van der Waals surface area contributed by atoms with E-state index in [1.165, 1.54) is 0 Å². The summed E-state index contributed by atoms with van der Waals surface area (Å²) in [6, 6.07) is 14.7. The summed E-state index contributed by atoms with van der Waals surface area (Å²) in [5, 5.41) is 7.41. The van der Waals surface area contributed by atoms with Crippen molar-refractivity contribution in [3.05, 3.63) is 54.1 Å².